The van der Waals surface area contributed by atoms with Gasteiger partial charge in [-0.2, -0.15) is 5.10 Å². The van der Waals surface area contributed by atoms with Crippen LogP contribution in [0.25, 0.3) is 11.3 Å². The fourth-order valence-electron chi connectivity index (χ4n) is 1.95. The molecule has 0 saturated carbocycles. The predicted molar refractivity (Wildman–Crippen MR) is 75.6 cm³/mol. The lowest BCUT2D eigenvalue weighted by Crippen LogP contribution is -1.95. The van der Waals surface area contributed by atoms with Gasteiger partial charge < -0.3 is 0 Å². The van der Waals surface area contributed by atoms with Gasteiger partial charge in [0.2, 0.25) is 0 Å². The Bertz CT molecular complexity index is 660. The molecular formula is C13H15ClN2O2S. The molecule has 0 atom stereocenters. The third-order valence-electron chi connectivity index (χ3n) is 2.75. The first kappa shape index (κ1) is 14.1. The third-order valence-corrected chi connectivity index (χ3v) is 4.09. The van der Waals surface area contributed by atoms with Gasteiger partial charge in [-0.15, -0.1) is 0 Å². The molecule has 1 N–H and O–H groups in total. The number of benzene rings is 1. The van der Waals surface area contributed by atoms with Crippen LogP contribution < -0.4 is 0 Å². The summed E-state index contributed by atoms with van der Waals surface area (Å²) in [5.74, 6) is 0.580. The molecule has 0 saturated heterocycles. The summed E-state index contributed by atoms with van der Waals surface area (Å²) in [4.78, 5) is 0.00535. The molecule has 2 rings (SSSR count). The minimum absolute atomic E-state index is 0.00535. The molecule has 0 aliphatic rings. The van der Waals surface area contributed by atoms with E-state index in [1.165, 1.54) is 11.8 Å². The van der Waals surface area contributed by atoms with E-state index in [1.807, 2.05) is 24.3 Å². The topological polar surface area (TPSA) is 62.8 Å². The van der Waals surface area contributed by atoms with Crippen molar-refractivity contribution in [3.8, 4) is 11.3 Å². The van der Waals surface area contributed by atoms with Crippen LogP contribution >= 0.6 is 10.7 Å². The molecule has 0 radical (unpaired) electrons. The number of hydrogen-bond acceptors (Lipinski definition) is 3. The summed E-state index contributed by atoms with van der Waals surface area (Å²) >= 11 is 0. The maximum atomic E-state index is 11.4. The fraction of sp³-hybridized carbons (Fsp3) is 0.308. The van der Waals surface area contributed by atoms with Crippen LogP contribution in [0.1, 0.15) is 19.4 Å². The molecule has 0 aliphatic carbocycles. The molecule has 0 bridgehead atoms. The lowest BCUT2D eigenvalue weighted by atomic mass is 10.0. The number of H-pyrrole nitrogens is 1. The van der Waals surface area contributed by atoms with Crippen molar-refractivity contribution in [2.75, 3.05) is 0 Å². The monoisotopic (exact) mass is 298 g/mol. The summed E-state index contributed by atoms with van der Waals surface area (Å²) in [7, 11) is 1.58. The van der Waals surface area contributed by atoms with Gasteiger partial charge in [0.25, 0.3) is 9.05 Å². The summed E-state index contributed by atoms with van der Waals surface area (Å²) in [5.41, 5.74) is 2.39. The van der Waals surface area contributed by atoms with Crippen molar-refractivity contribution in [1.82, 2.24) is 10.2 Å². The molecular weight excluding hydrogens is 284 g/mol. The first-order chi connectivity index (χ1) is 8.88. The highest BCUT2D eigenvalue weighted by molar-refractivity contribution is 8.13. The van der Waals surface area contributed by atoms with E-state index in [0.717, 1.165) is 12.0 Å². The van der Waals surface area contributed by atoms with Gasteiger partial charge in [0.05, 0.1) is 11.9 Å². The Morgan fingerprint density at radius 3 is 2.42 bits per heavy atom. The second kappa shape index (κ2) is 5.35. The molecule has 102 valence electrons. The van der Waals surface area contributed by atoms with Crippen LogP contribution in [0.3, 0.4) is 0 Å². The van der Waals surface area contributed by atoms with Crippen molar-refractivity contribution in [2.24, 2.45) is 5.92 Å². The number of nitrogens with zero attached hydrogens (tertiary/aromatic N) is 1. The molecule has 4 nitrogen and oxygen atoms in total. The summed E-state index contributed by atoms with van der Waals surface area (Å²) in [6.45, 7) is 4.31. The maximum absolute atomic E-state index is 11.4. The molecule has 2 aromatic rings. The van der Waals surface area contributed by atoms with Gasteiger partial charge in [-0.3, -0.25) is 5.10 Å². The van der Waals surface area contributed by atoms with Crippen LogP contribution in [0.5, 0.6) is 0 Å². The van der Waals surface area contributed by atoms with E-state index in [0.29, 0.717) is 11.6 Å². The number of aromatic amines is 1. The molecule has 1 aromatic heterocycles. The van der Waals surface area contributed by atoms with Crippen molar-refractivity contribution in [3.63, 3.8) is 0 Å². The molecule has 0 aliphatic heterocycles. The van der Waals surface area contributed by atoms with Crippen molar-refractivity contribution < 1.29 is 8.42 Å². The van der Waals surface area contributed by atoms with Crippen molar-refractivity contribution in [1.29, 1.82) is 0 Å². The zero-order valence-corrected chi connectivity index (χ0v) is 12.3. The molecule has 1 aromatic carbocycles. The van der Waals surface area contributed by atoms with E-state index >= 15 is 0 Å². The molecule has 0 fully saturated rings. The van der Waals surface area contributed by atoms with E-state index in [-0.39, 0.29) is 4.90 Å². The van der Waals surface area contributed by atoms with Crippen LogP contribution in [-0.2, 0) is 15.5 Å². The van der Waals surface area contributed by atoms with Crippen molar-refractivity contribution >= 4 is 19.7 Å². The zero-order chi connectivity index (χ0) is 14.0. The molecule has 1 heterocycles. The number of aromatic nitrogens is 2. The summed E-state index contributed by atoms with van der Waals surface area (Å²) in [6, 6.07) is 7.72. The lowest BCUT2D eigenvalue weighted by Gasteiger charge is -2.06. The average Bonchev–Trinajstić information content (AvgIpc) is 2.77. The predicted octanol–water partition coefficient (Wildman–Crippen LogP) is 3.20. The number of rotatable bonds is 4. The van der Waals surface area contributed by atoms with E-state index in [9.17, 15) is 8.42 Å². The van der Waals surface area contributed by atoms with E-state index in [1.54, 1.807) is 0 Å². The van der Waals surface area contributed by atoms with E-state index < -0.39 is 9.05 Å². The average molecular weight is 299 g/mol. The Hall–Kier alpha value is -1.33. The van der Waals surface area contributed by atoms with Gasteiger partial charge in [0.15, 0.2) is 0 Å². The third kappa shape index (κ3) is 3.36. The smallest absolute Gasteiger partial charge is 0.265 e. The molecule has 6 heteroatoms. The summed E-state index contributed by atoms with van der Waals surface area (Å²) in [6.07, 6.45) is 2.21. The highest BCUT2D eigenvalue weighted by Gasteiger charge is 2.18. The van der Waals surface area contributed by atoms with E-state index in [2.05, 4.69) is 24.0 Å². The quantitative estimate of drug-likeness (QED) is 0.882. The number of halogens is 1. The lowest BCUT2D eigenvalue weighted by molar-refractivity contribution is 0.610. The van der Waals surface area contributed by atoms with Gasteiger partial charge in [-0.25, -0.2) is 8.42 Å². The maximum Gasteiger partial charge on any atom is 0.265 e. The van der Waals surface area contributed by atoms with Crippen LogP contribution in [-0.4, -0.2) is 18.6 Å². The summed E-state index contributed by atoms with van der Waals surface area (Å²) < 4.78 is 22.8. The minimum atomic E-state index is -3.79. The van der Waals surface area contributed by atoms with Gasteiger partial charge in [-0.05, 0) is 17.9 Å². The SMILES string of the molecule is CC(C)Cc1ccc(-c2[nH]ncc2S(=O)(=O)Cl)cc1. The Morgan fingerprint density at radius 2 is 1.89 bits per heavy atom. The normalized spacial score (nSPS) is 12.0. The van der Waals surface area contributed by atoms with Crippen LogP contribution in [0.2, 0.25) is 0 Å². The fourth-order valence-corrected chi connectivity index (χ4v) is 2.88. The molecule has 19 heavy (non-hydrogen) atoms. The Labute approximate surface area is 117 Å². The van der Waals surface area contributed by atoms with Crippen molar-refractivity contribution in [2.45, 2.75) is 25.2 Å². The Kier molecular flexibility index (Phi) is 3.96. The van der Waals surface area contributed by atoms with Gasteiger partial charge in [0.1, 0.15) is 4.90 Å². The van der Waals surface area contributed by atoms with Crippen LogP contribution in [0, 0.1) is 5.92 Å². The van der Waals surface area contributed by atoms with Gasteiger partial charge in [-0.1, -0.05) is 38.1 Å². The standard InChI is InChI=1S/C13H15ClN2O2S/c1-9(2)7-10-3-5-11(6-4-10)13-12(8-15-16-13)19(14,17)18/h3-6,8-9H,7H2,1-2H3,(H,15,16). The zero-order valence-electron chi connectivity index (χ0n) is 10.7. The Balaban J connectivity index is 2.36. The van der Waals surface area contributed by atoms with Gasteiger partial charge in [0, 0.05) is 16.2 Å². The van der Waals surface area contributed by atoms with Crippen LogP contribution in [0.4, 0.5) is 0 Å². The minimum Gasteiger partial charge on any atom is -0.276 e. The number of hydrogen-bond donors (Lipinski definition) is 1. The molecule has 0 unspecified atom stereocenters. The van der Waals surface area contributed by atoms with Crippen LogP contribution in [0.15, 0.2) is 35.4 Å². The number of nitrogens with one attached hydrogen (secondary N) is 1. The highest BCUT2D eigenvalue weighted by atomic mass is 35.7. The largest absolute Gasteiger partial charge is 0.276 e. The van der Waals surface area contributed by atoms with Gasteiger partial charge >= 0.3 is 0 Å². The summed E-state index contributed by atoms with van der Waals surface area (Å²) in [5, 5.41) is 6.42. The second-order valence-electron chi connectivity index (χ2n) is 4.84. The Morgan fingerprint density at radius 1 is 1.26 bits per heavy atom. The first-order valence-corrected chi connectivity index (χ1v) is 8.26. The molecule has 0 spiro atoms. The second-order valence-corrected chi connectivity index (χ2v) is 7.38. The highest BCUT2D eigenvalue weighted by Crippen LogP contribution is 2.27. The first-order valence-electron chi connectivity index (χ1n) is 5.95. The van der Waals surface area contributed by atoms with E-state index in [4.69, 9.17) is 10.7 Å². The molecule has 0 amide bonds. The van der Waals surface area contributed by atoms with Crippen molar-refractivity contribution in [3.05, 3.63) is 36.0 Å².